The Labute approximate surface area is 204 Å². The van der Waals surface area contributed by atoms with Crippen LogP contribution in [0.1, 0.15) is 60.4 Å². The number of nitrogens with zero attached hydrogens (tertiary/aromatic N) is 3. The number of amides is 1. The fourth-order valence-electron chi connectivity index (χ4n) is 5.21. The van der Waals surface area contributed by atoms with Gasteiger partial charge in [0, 0.05) is 29.8 Å². The number of carbonyl (C=O) groups is 1. The Balaban J connectivity index is 1.42. The van der Waals surface area contributed by atoms with Crippen LogP contribution >= 0.6 is 11.8 Å². The normalized spacial score (nSPS) is 22.9. The second-order valence-corrected chi connectivity index (χ2v) is 10.1. The van der Waals surface area contributed by atoms with E-state index in [1.165, 1.54) is 11.1 Å². The van der Waals surface area contributed by atoms with E-state index in [1.807, 2.05) is 26.0 Å². The van der Waals surface area contributed by atoms with Crippen LogP contribution in [0.15, 0.2) is 41.4 Å². The second kappa shape index (κ2) is 9.32. The Bertz CT molecular complexity index is 1190. The largest absolute Gasteiger partial charge is 0.490 e. The van der Waals surface area contributed by atoms with Crippen molar-refractivity contribution < 1.29 is 14.4 Å². The molecule has 2 aliphatic heterocycles. The molecule has 2 aromatic carbocycles. The van der Waals surface area contributed by atoms with E-state index in [4.69, 9.17) is 14.6 Å². The second-order valence-electron chi connectivity index (χ2n) is 9.15. The number of fused-ring (bicyclic) bond motifs is 3. The Hall–Kier alpha value is -3.02. The van der Waals surface area contributed by atoms with E-state index in [2.05, 4.69) is 34.8 Å². The highest BCUT2D eigenvalue weighted by atomic mass is 32.2. The van der Waals surface area contributed by atoms with Gasteiger partial charge >= 0.3 is 0 Å². The van der Waals surface area contributed by atoms with Crippen LogP contribution in [0, 0.1) is 17.2 Å². The van der Waals surface area contributed by atoms with E-state index in [0.717, 1.165) is 29.8 Å². The molecule has 5 rings (SSSR count). The maximum Gasteiger partial charge on any atom is 0.223 e. The number of ether oxygens (including phenoxy) is 1. The number of aliphatic imine (C=N–C) groups is 1. The first-order valence-electron chi connectivity index (χ1n) is 11.6. The van der Waals surface area contributed by atoms with Gasteiger partial charge < -0.3 is 9.64 Å². The summed E-state index contributed by atoms with van der Waals surface area (Å²) in [7, 11) is 0. The van der Waals surface area contributed by atoms with Gasteiger partial charge in [0.2, 0.25) is 12.1 Å². The van der Waals surface area contributed by atoms with Crippen molar-refractivity contribution in [1.29, 1.82) is 5.26 Å². The molecule has 3 aliphatic rings. The topological polar surface area (TPSA) is 87.0 Å². The van der Waals surface area contributed by atoms with Crippen molar-refractivity contribution in [1.82, 2.24) is 10.4 Å². The van der Waals surface area contributed by atoms with E-state index >= 15 is 0 Å². The third kappa shape index (κ3) is 4.04. The third-order valence-electron chi connectivity index (χ3n) is 6.61. The zero-order chi connectivity index (χ0) is 23.8. The minimum Gasteiger partial charge on any atom is -0.490 e. The number of thioether (sulfide) groups is 1. The number of hydrogen-bond acceptors (Lipinski definition) is 7. The molecule has 0 aromatic heterocycles. The van der Waals surface area contributed by atoms with E-state index < -0.39 is 6.23 Å². The monoisotopic (exact) mass is 476 g/mol. The number of hydroxylamine groups is 1. The van der Waals surface area contributed by atoms with Gasteiger partial charge in [0.15, 0.2) is 5.84 Å². The van der Waals surface area contributed by atoms with E-state index in [1.54, 1.807) is 23.9 Å². The van der Waals surface area contributed by atoms with Crippen LogP contribution in [-0.4, -0.2) is 41.3 Å². The number of rotatable bonds is 7. The minimum atomic E-state index is -0.549. The molecule has 0 bridgehead atoms. The lowest BCUT2D eigenvalue weighted by atomic mass is 10.0. The van der Waals surface area contributed by atoms with Gasteiger partial charge in [-0.15, -0.1) is 0 Å². The number of nitrogens with one attached hydrogen (secondary N) is 1. The van der Waals surface area contributed by atoms with Gasteiger partial charge in [0.25, 0.3) is 0 Å². The summed E-state index contributed by atoms with van der Waals surface area (Å²) in [5, 5.41) is 9.56. The molecule has 3 atom stereocenters. The van der Waals surface area contributed by atoms with Gasteiger partial charge in [-0.1, -0.05) is 24.3 Å². The zero-order valence-electron chi connectivity index (χ0n) is 19.6. The van der Waals surface area contributed by atoms with Crippen molar-refractivity contribution in [2.45, 2.75) is 45.1 Å². The lowest BCUT2D eigenvalue weighted by Crippen LogP contribution is -2.30. The lowest BCUT2D eigenvalue weighted by molar-refractivity contribution is -0.128. The van der Waals surface area contributed by atoms with E-state index in [9.17, 15) is 10.1 Å². The number of benzene rings is 2. The fourth-order valence-corrected chi connectivity index (χ4v) is 5.59. The molecular weight excluding hydrogens is 448 g/mol. The molecule has 2 heterocycles. The summed E-state index contributed by atoms with van der Waals surface area (Å²) in [6, 6.07) is 14.1. The Kier molecular flexibility index (Phi) is 6.24. The molecule has 0 radical (unpaired) electrons. The predicted octanol–water partition coefficient (Wildman–Crippen LogP) is 4.13. The number of amidine groups is 1. The molecule has 1 aliphatic carbocycles. The van der Waals surface area contributed by atoms with Gasteiger partial charge in [0.1, 0.15) is 11.8 Å². The standard InChI is InChI=1S/C26H28N4O3S/c1-15(2)32-22-8-7-16(11-18(22)14-27)26-28-25(29-33-26)20-6-4-5-19-21(20)12-17-13-23(31)30(24(17)19)9-10-34-3/h4-8,11,15,17,24,26H,9-10,12-13H2,1-3H3,(H,28,29). The Morgan fingerprint density at radius 3 is 2.94 bits per heavy atom. The van der Waals surface area contributed by atoms with Crippen molar-refractivity contribution in [3.63, 3.8) is 0 Å². The lowest BCUT2D eigenvalue weighted by Gasteiger charge is -2.25. The van der Waals surface area contributed by atoms with Crippen LogP contribution < -0.4 is 10.2 Å². The van der Waals surface area contributed by atoms with Crippen LogP contribution in [0.5, 0.6) is 5.75 Å². The first kappa shape index (κ1) is 22.8. The minimum absolute atomic E-state index is 0.0152. The molecule has 0 spiro atoms. The highest BCUT2D eigenvalue weighted by molar-refractivity contribution is 7.98. The number of likely N-dealkylation sites (tertiary alicyclic amines) is 1. The van der Waals surface area contributed by atoms with Crippen molar-refractivity contribution in [3.8, 4) is 11.8 Å². The smallest absolute Gasteiger partial charge is 0.223 e. The number of carbonyl (C=O) groups excluding carboxylic acids is 1. The van der Waals surface area contributed by atoms with Crippen LogP contribution in [0.25, 0.3) is 0 Å². The molecule has 1 fully saturated rings. The average Bonchev–Trinajstić information content (AvgIpc) is 3.51. The third-order valence-corrected chi connectivity index (χ3v) is 7.20. The fraction of sp³-hybridized carbons (Fsp3) is 0.423. The maximum atomic E-state index is 12.6. The van der Waals surface area contributed by atoms with Gasteiger partial charge in [0.05, 0.1) is 17.7 Å². The molecule has 0 saturated carbocycles. The predicted molar refractivity (Wildman–Crippen MR) is 132 cm³/mol. The number of hydrogen-bond donors (Lipinski definition) is 1. The van der Waals surface area contributed by atoms with Crippen molar-refractivity contribution in [2.24, 2.45) is 10.9 Å². The van der Waals surface area contributed by atoms with Crippen LogP contribution in [0.3, 0.4) is 0 Å². The average molecular weight is 477 g/mol. The van der Waals surface area contributed by atoms with Crippen molar-refractivity contribution >= 4 is 23.5 Å². The highest BCUT2D eigenvalue weighted by Gasteiger charge is 2.46. The summed E-state index contributed by atoms with van der Waals surface area (Å²) in [5.41, 5.74) is 7.74. The molecule has 1 N–H and O–H groups in total. The first-order valence-corrected chi connectivity index (χ1v) is 13.0. The summed E-state index contributed by atoms with van der Waals surface area (Å²) in [4.78, 5) is 25.3. The van der Waals surface area contributed by atoms with Gasteiger partial charge in [-0.05, 0) is 55.7 Å². The number of nitriles is 1. The Morgan fingerprint density at radius 1 is 1.32 bits per heavy atom. The highest BCUT2D eigenvalue weighted by Crippen LogP contribution is 2.48. The van der Waals surface area contributed by atoms with E-state index in [0.29, 0.717) is 29.5 Å². The molecule has 2 aromatic rings. The zero-order valence-corrected chi connectivity index (χ0v) is 20.4. The molecule has 1 saturated heterocycles. The first-order chi connectivity index (χ1) is 16.5. The van der Waals surface area contributed by atoms with Gasteiger partial charge in [-0.25, -0.2) is 15.3 Å². The van der Waals surface area contributed by atoms with E-state index in [-0.39, 0.29) is 18.1 Å². The quantitative estimate of drug-likeness (QED) is 0.647. The summed E-state index contributed by atoms with van der Waals surface area (Å²) in [5.74, 6) is 2.77. The Morgan fingerprint density at radius 2 is 2.18 bits per heavy atom. The summed E-state index contributed by atoms with van der Waals surface area (Å²) in [6.45, 7) is 4.65. The summed E-state index contributed by atoms with van der Waals surface area (Å²) in [6.07, 6.45) is 2.98. The SMILES string of the molecule is CSCCN1C(=O)CC2Cc3c(C4=NC(c5ccc(OC(C)C)c(C#N)c5)ON4)cccc3C21. The molecule has 34 heavy (non-hydrogen) atoms. The maximum absolute atomic E-state index is 12.6. The molecule has 7 nitrogen and oxygen atoms in total. The summed E-state index contributed by atoms with van der Waals surface area (Å²) < 4.78 is 5.73. The van der Waals surface area contributed by atoms with Crippen molar-refractivity contribution in [3.05, 3.63) is 64.2 Å². The van der Waals surface area contributed by atoms with Crippen LogP contribution in [0.2, 0.25) is 0 Å². The molecule has 3 unspecified atom stereocenters. The molecular formula is C26H28N4O3S. The van der Waals surface area contributed by atoms with Crippen molar-refractivity contribution in [2.75, 3.05) is 18.6 Å². The molecule has 176 valence electrons. The van der Waals surface area contributed by atoms with Gasteiger partial charge in [-0.3, -0.25) is 4.79 Å². The van der Waals surface area contributed by atoms with Gasteiger partial charge in [-0.2, -0.15) is 17.0 Å². The van der Waals surface area contributed by atoms with Crippen LogP contribution in [-0.2, 0) is 16.1 Å². The summed E-state index contributed by atoms with van der Waals surface area (Å²) >= 11 is 1.77. The van der Waals surface area contributed by atoms with Crippen LogP contribution in [0.4, 0.5) is 0 Å². The molecule has 1 amide bonds. The molecule has 8 heteroatoms.